The quantitative estimate of drug-likeness (QED) is 0.893. The van der Waals surface area contributed by atoms with Gasteiger partial charge in [0, 0.05) is 62.3 Å². The molecule has 1 aliphatic heterocycles. The van der Waals surface area contributed by atoms with Crippen molar-refractivity contribution in [2.24, 2.45) is 0 Å². The standard InChI is InChI=1S/C20H24N4O2/c1-16(22-20(26)17-5-3-2-4-6-17)15-19(25)24-13-11-23(12-14-24)18-7-9-21-10-8-18/h2-10,16H,11-15H2,1H3,(H,22,26). The number of benzene rings is 1. The maximum atomic E-state index is 12.5. The van der Waals surface area contributed by atoms with Crippen molar-refractivity contribution in [1.82, 2.24) is 15.2 Å². The first-order valence-corrected chi connectivity index (χ1v) is 8.92. The van der Waals surface area contributed by atoms with Gasteiger partial charge in [0.15, 0.2) is 0 Å². The van der Waals surface area contributed by atoms with E-state index in [0.29, 0.717) is 25.1 Å². The highest BCUT2D eigenvalue weighted by Crippen LogP contribution is 2.15. The van der Waals surface area contributed by atoms with Crippen molar-refractivity contribution >= 4 is 17.5 Å². The lowest BCUT2D eigenvalue weighted by Gasteiger charge is -2.36. The number of rotatable bonds is 5. The molecule has 6 heteroatoms. The third-order valence-electron chi connectivity index (χ3n) is 4.55. The molecular weight excluding hydrogens is 328 g/mol. The lowest BCUT2D eigenvalue weighted by molar-refractivity contribution is -0.131. The monoisotopic (exact) mass is 352 g/mol. The van der Waals surface area contributed by atoms with Crippen molar-refractivity contribution in [3.05, 3.63) is 60.4 Å². The summed E-state index contributed by atoms with van der Waals surface area (Å²) in [5, 5.41) is 2.90. The van der Waals surface area contributed by atoms with Crippen molar-refractivity contribution in [2.45, 2.75) is 19.4 Å². The summed E-state index contributed by atoms with van der Waals surface area (Å²) < 4.78 is 0. The molecule has 1 aliphatic rings. The van der Waals surface area contributed by atoms with Gasteiger partial charge in [0.25, 0.3) is 5.91 Å². The molecule has 0 spiro atoms. The fraction of sp³-hybridized carbons (Fsp3) is 0.350. The average molecular weight is 352 g/mol. The number of nitrogens with zero attached hydrogens (tertiary/aromatic N) is 3. The maximum absolute atomic E-state index is 12.5. The van der Waals surface area contributed by atoms with Crippen molar-refractivity contribution in [2.75, 3.05) is 31.1 Å². The van der Waals surface area contributed by atoms with Gasteiger partial charge in [-0.1, -0.05) is 18.2 Å². The summed E-state index contributed by atoms with van der Waals surface area (Å²) in [6.07, 6.45) is 3.88. The topological polar surface area (TPSA) is 65.5 Å². The fourth-order valence-electron chi connectivity index (χ4n) is 3.11. The number of hydrogen-bond acceptors (Lipinski definition) is 4. The molecule has 2 aromatic rings. The van der Waals surface area contributed by atoms with Crippen LogP contribution >= 0.6 is 0 Å². The molecule has 1 atom stereocenters. The van der Waals surface area contributed by atoms with Crippen LogP contribution in [-0.2, 0) is 4.79 Å². The number of amides is 2. The van der Waals surface area contributed by atoms with Crippen molar-refractivity contribution in [3.8, 4) is 0 Å². The number of piperazine rings is 1. The van der Waals surface area contributed by atoms with E-state index in [4.69, 9.17) is 0 Å². The lowest BCUT2D eigenvalue weighted by Crippen LogP contribution is -2.50. The molecular formula is C20H24N4O2. The molecule has 1 unspecified atom stereocenters. The van der Waals surface area contributed by atoms with Crippen LogP contribution in [0.3, 0.4) is 0 Å². The van der Waals surface area contributed by atoms with Gasteiger partial charge in [0.05, 0.1) is 0 Å². The molecule has 136 valence electrons. The molecule has 2 heterocycles. The first kappa shape index (κ1) is 17.9. The van der Waals surface area contributed by atoms with Crippen molar-refractivity contribution < 1.29 is 9.59 Å². The molecule has 3 rings (SSSR count). The van der Waals surface area contributed by atoms with Gasteiger partial charge in [-0.25, -0.2) is 0 Å². The predicted molar refractivity (Wildman–Crippen MR) is 101 cm³/mol. The Morgan fingerprint density at radius 2 is 1.69 bits per heavy atom. The Hall–Kier alpha value is -2.89. The van der Waals surface area contributed by atoms with Crippen LogP contribution in [0.2, 0.25) is 0 Å². The number of carbonyl (C=O) groups excluding carboxylic acids is 2. The highest BCUT2D eigenvalue weighted by Gasteiger charge is 2.23. The number of hydrogen-bond donors (Lipinski definition) is 1. The average Bonchev–Trinajstić information content (AvgIpc) is 2.69. The van der Waals surface area contributed by atoms with E-state index in [1.807, 2.05) is 42.2 Å². The zero-order chi connectivity index (χ0) is 18.4. The predicted octanol–water partition coefficient (Wildman–Crippen LogP) is 1.94. The molecule has 0 bridgehead atoms. The summed E-state index contributed by atoms with van der Waals surface area (Å²) in [5.74, 6) is -0.0614. The Kier molecular flexibility index (Phi) is 5.84. The Bertz CT molecular complexity index is 728. The van der Waals surface area contributed by atoms with Crippen LogP contribution in [0.4, 0.5) is 5.69 Å². The summed E-state index contributed by atoms with van der Waals surface area (Å²) >= 11 is 0. The van der Waals surface area contributed by atoms with E-state index < -0.39 is 0 Å². The Morgan fingerprint density at radius 1 is 1.04 bits per heavy atom. The van der Waals surface area contributed by atoms with E-state index >= 15 is 0 Å². The SMILES string of the molecule is CC(CC(=O)N1CCN(c2ccncc2)CC1)NC(=O)c1ccccc1. The molecule has 1 fully saturated rings. The summed E-state index contributed by atoms with van der Waals surface area (Å²) in [6, 6.07) is 12.8. The second kappa shape index (κ2) is 8.47. The van der Waals surface area contributed by atoms with Gasteiger partial charge in [-0.3, -0.25) is 14.6 Å². The first-order valence-electron chi connectivity index (χ1n) is 8.92. The summed E-state index contributed by atoms with van der Waals surface area (Å²) in [6.45, 7) is 4.87. The van der Waals surface area contributed by atoms with Crippen LogP contribution < -0.4 is 10.2 Å². The third-order valence-corrected chi connectivity index (χ3v) is 4.55. The molecule has 1 aromatic heterocycles. The lowest BCUT2D eigenvalue weighted by atomic mass is 10.1. The fourth-order valence-corrected chi connectivity index (χ4v) is 3.11. The van der Waals surface area contributed by atoms with E-state index in [9.17, 15) is 9.59 Å². The number of nitrogens with one attached hydrogen (secondary N) is 1. The molecule has 0 saturated carbocycles. The Morgan fingerprint density at radius 3 is 2.35 bits per heavy atom. The molecule has 1 saturated heterocycles. The minimum Gasteiger partial charge on any atom is -0.368 e. The second-order valence-electron chi connectivity index (χ2n) is 6.52. The number of carbonyl (C=O) groups is 2. The number of pyridine rings is 1. The van der Waals surface area contributed by atoms with E-state index in [1.54, 1.807) is 24.5 Å². The summed E-state index contributed by atoms with van der Waals surface area (Å²) in [5.41, 5.74) is 1.74. The minimum atomic E-state index is -0.201. The van der Waals surface area contributed by atoms with E-state index in [0.717, 1.165) is 18.8 Å². The van der Waals surface area contributed by atoms with Crippen LogP contribution in [0.5, 0.6) is 0 Å². The van der Waals surface area contributed by atoms with Gasteiger partial charge in [0.2, 0.25) is 5.91 Å². The van der Waals surface area contributed by atoms with Gasteiger partial charge < -0.3 is 15.1 Å². The molecule has 1 N–H and O–H groups in total. The van der Waals surface area contributed by atoms with Crippen molar-refractivity contribution in [3.63, 3.8) is 0 Å². The Balaban J connectivity index is 1.46. The summed E-state index contributed by atoms with van der Waals surface area (Å²) in [4.78, 5) is 32.9. The van der Waals surface area contributed by atoms with E-state index in [-0.39, 0.29) is 17.9 Å². The highest BCUT2D eigenvalue weighted by atomic mass is 16.2. The zero-order valence-corrected chi connectivity index (χ0v) is 15.0. The van der Waals surface area contributed by atoms with Crippen molar-refractivity contribution in [1.29, 1.82) is 0 Å². The largest absolute Gasteiger partial charge is 0.368 e. The smallest absolute Gasteiger partial charge is 0.251 e. The normalized spacial score (nSPS) is 15.4. The summed E-state index contributed by atoms with van der Waals surface area (Å²) in [7, 11) is 0. The molecule has 0 radical (unpaired) electrons. The van der Waals surface area contributed by atoms with E-state index in [2.05, 4.69) is 15.2 Å². The molecule has 2 amide bonds. The number of anilines is 1. The molecule has 1 aromatic carbocycles. The highest BCUT2D eigenvalue weighted by molar-refractivity contribution is 5.94. The van der Waals surface area contributed by atoms with Gasteiger partial charge in [-0.15, -0.1) is 0 Å². The molecule has 0 aliphatic carbocycles. The van der Waals surface area contributed by atoms with E-state index in [1.165, 1.54) is 0 Å². The van der Waals surface area contributed by atoms with Gasteiger partial charge in [-0.2, -0.15) is 0 Å². The van der Waals surface area contributed by atoms with Crippen LogP contribution in [0, 0.1) is 0 Å². The number of aromatic nitrogens is 1. The maximum Gasteiger partial charge on any atom is 0.251 e. The second-order valence-corrected chi connectivity index (χ2v) is 6.52. The third kappa shape index (κ3) is 4.59. The first-order chi connectivity index (χ1) is 12.6. The zero-order valence-electron chi connectivity index (χ0n) is 15.0. The Labute approximate surface area is 153 Å². The minimum absolute atomic E-state index is 0.0836. The van der Waals surface area contributed by atoms with Crippen LogP contribution in [-0.4, -0.2) is 53.9 Å². The van der Waals surface area contributed by atoms with Crippen LogP contribution in [0.15, 0.2) is 54.9 Å². The van der Waals surface area contributed by atoms with Crippen LogP contribution in [0.1, 0.15) is 23.7 Å². The molecule has 26 heavy (non-hydrogen) atoms. The molecule has 6 nitrogen and oxygen atoms in total. The van der Waals surface area contributed by atoms with Gasteiger partial charge >= 0.3 is 0 Å². The van der Waals surface area contributed by atoms with Gasteiger partial charge in [-0.05, 0) is 31.2 Å². The van der Waals surface area contributed by atoms with Crippen LogP contribution in [0.25, 0.3) is 0 Å². The van der Waals surface area contributed by atoms with Gasteiger partial charge in [0.1, 0.15) is 0 Å².